The number of nitrogens with zero attached hydrogens (tertiary/aromatic N) is 5. The molecule has 0 aliphatic carbocycles. The molecule has 0 unspecified atom stereocenters. The Bertz CT molecular complexity index is 1340. The van der Waals surface area contributed by atoms with Gasteiger partial charge in [-0.3, -0.25) is 4.90 Å². The van der Waals surface area contributed by atoms with E-state index in [-0.39, 0.29) is 6.03 Å². The van der Waals surface area contributed by atoms with Crippen molar-refractivity contribution in [2.24, 2.45) is 0 Å². The summed E-state index contributed by atoms with van der Waals surface area (Å²) in [5, 5.41) is 12.8. The summed E-state index contributed by atoms with van der Waals surface area (Å²) in [5.41, 5.74) is 3.10. The lowest BCUT2D eigenvalue weighted by molar-refractivity contribution is 0.143. The number of piperazine rings is 1. The minimum Gasteiger partial charge on any atom is -0.439 e. The monoisotopic (exact) mass is 453 g/mol. The highest BCUT2D eigenvalue weighted by Gasteiger charge is 2.21. The number of pyridine rings is 2. The molecule has 4 heterocycles. The molecule has 2 amide bonds. The van der Waals surface area contributed by atoms with Gasteiger partial charge in [0.15, 0.2) is 0 Å². The second-order valence-corrected chi connectivity index (χ2v) is 8.08. The molecule has 0 saturated carbocycles. The van der Waals surface area contributed by atoms with E-state index in [1.165, 1.54) is 6.20 Å². The maximum Gasteiger partial charge on any atom is 0.321 e. The molecule has 3 aromatic heterocycles. The van der Waals surface area contributed by atoms with E-state index in [1.807, 2.05) is 47.5 Å². The molecule has 4 aromatic rings. The van der Waals surface area contributed by atoms with Crippen LogP contribution in [0.2, 0.25) is 0 Å². The maximum atomic E-state index is 12.7. The molecular formula is C25H23N7O2. The Morgan fingerprint density at radius 3 is 2.76 bits per heavy atom. The van der Waals surface area contributed by atoms with Gasteiger partial charge in [0.25, 0.3) is 0 Å². The maximum absolute atomic E-state index is 12.7. The van der Waals surface area contributed by atoms with E-state index in [0.717, 1.165) is 36.2 Å². The molecule has 1 aromatic carbocycles. The number of nitrogens with one attached hydrogen (secondary N) is 2. The van der Waals surface area contributed by atoms with Gasteiger partial charge in [0.05, 0.1) is 17.4 Å². The van der Waals surface area contributed by atoms with E-state index < -0.39 is 0 Å². The van der Waals surface area contributed by atoms with E-state index in [4.69, 9.17) is 10.00 Å². The summed E-state index contributed by atoms with van der Waals surface area (Å²) in [4.78, 5) is 28.3. The van der Waals surface area contributed by atoms with Crippen molar-refractivity contribution in [3.8, 4) is 17.7 Å². The van der Waals surface area contributed by atoms with Gasteiger partial charge in [-0.15, -0.1) is 0 Å². The normalized spacial score (nSPS) is 14.0. The van der Waals surface area contributed by atoms with Crippen LogP contribution in [0.15, 0.2) is 67.1 Å². The fourth-order valence-corrected chi connectivity index (χ4v) is 3.91. The second-order valence-electron chi connectivity index (χ2n) is 8.08. The molecule has 34 heavy (non-hydrogen) atoms. The minimum absolute atomic E-state index is 0.110. The number of carbonyl (C=O) groups excluding carboxylic acids is 1. The third kappa shape index (κ3) is 4.98. The van der Waals surface area contributed by atoms with Crippen LogP contribution in [0.25, 0.3) is 11.0 Å². The van der Waals surface area contributed by atoms with Gasteiger partial charge in [0, 0.05) is 56.6 Å². The number of aromatic nitrogens is 3. The highest BCUT2D eigenvalue weighted by Crippen LogP contribution is 2.22. The Labute approximate surface area is 196 Å². The van der Waals surface area contributed by atoms with Gasteiger partial charge in [-0.1, -0.05) is 12.1 Å². The summed E-state index contributed by atoms with van der Waals surface area (Å²) in [7, 11) is 0. The second kappa shape index (κ2) is 9.60. The first-order valence-electron chi connectivity index (χ1n) is 11.0. The van der Waals surface area contributed by atoms with Gasteiger partial charge >= 0.3 is 6.03 Å². The van der Waals surface area contributed by atoms with Crippen molar-refractivity contribution < 1.29 is 9.53 Å². The number of H-pyrrole nitrogens is 1. The average Bonchev–Trinajstić information content (AvgIpc) is 3.33. The molecule has 1 fully saturated rings. The number of fused-ring (bicyclic) bond motifs is 1. The zero-order chi connectivity index (χ0) is 23.3. The van der Waals surface area contributed by atoms with Crippen molar-refractivity contribution in [1.82, 2.24) is 24.8 Å². The van der Waals surface area contributed by atoms with Crippen LogP contribution in [-0.4, -0.2) is 57.0 Å². The molecule has 0 spiro atoms. The predicted molar refractivity (Wildman–Crippen MR) is 127 cm³/mol. The summed E-state index contributed by atoms with van der Waals surface area (Å²) in [6.07, 6.45) is 4.98. The largest absolute Gasteiger partial charge is 0.439 e. The Kier molecular flexibility index (Phi) is 6.05. The van der Waals surface area contributed by atoms with Crippen molar-refractivity contribution in [2.75, 3.05) is 31.5 Å². The van der Waals surface area contributed by atoms with Crippen LogP contribution in [0.1, 0.15) is 11.1 Å². The molecule has 2 N–H and O–H groups in total. The summed E-state index contributed by atoms with van der Waals surface area (Å²) in [6.45, 7) is 3.63. The fraction of sp³-hybridized carbons (Fsp3) is 0.200. The fourth-order valence-electron chi connectivity index (χ4n) is 3.91. The van der Waals surface area contributed by atoms with Crippen LogP contribution < -0.4 is 10.1 Å². The van der Waals surface area contributed by atoms with Crippen molar-refractivity contribution in [2.45, 2.75) is 6.54 Å². The lowest BCUT2D eigenvalue weighted by Gasteiger charge is -2.34. The number of ether oxygens (including phenoxy) is 1. The van der Waals surface area contributed by atoms with Gasteiger partial charge in [-0.25, -0.2) is 14.8 Å². The first kappa shape index (κ1) is 21.4. The van der Waals surface area contributed by atoms with Crippen molar-refractivity contribution in [3.63, 3.8) is 0 Å². The minimum atomic E-state index is -0.110. The van der Waals surface area contributed by atoms with E-state index >= 15 is 0 Å². The number of rotatable bonds is 5. The van der Waals surface area contributed by atoms with Gasteiger partial charge in [-0.05, 0) is 35.9 Å². The number of aromatic amines is 1. The Hall–Kier alpha value is -4.42. The summed E-state index contributed by atoms with van der Waals surface area (Å²) in [6, 6.07) is 17.0. The molecule has 1 aliphatic rings. The molecular weight excluding hydrogens is 430 g/mol. The number of benzene rings is 1. The standard InChI is InChI=1S/C25H23N7O2/c26-14-19-4-5-23(28-15-19)34-22-3-1-2-18(12-22)17-31-8-10-32(11-9-31)25(33)30-21-13-20-6-7-27-24(20)29-16-21/h1-7,12-13,15-16H,8-11,17H2,(H,27,29)(H,30,33). The summed E-state index contributed by atoms with van der Waals surface area (Å²) in [5.74, 6) is 1.14. The highest BCUT2D eigenvalue weighted by atomic mass is 16.5. The highest BCUT2D eigenvalue weighted by molar-refractivity contribution is 5.91. The van der Waals surface area contributed by atoms with E-state index in [1.54, 1.807) is 18.3 Å². The Balaban J connectivity index is 1.13. The number of carbonyl (C=O) groups is 1. The van der Waals surface area contributed by atoms with E-state index in [2.05, 4.69) is 31.2 Å². The van der Waals surface area contributed by atoms with Gasteiger partial charge in [-0.2, -0.15) is 5.26 Å². The SMILES string of the molecule is N#Cc1ccc(Oc2cccc(CN3CCN(C(=O)Nc4cnc5[nH]ccc5c4)CC3)c2)nc1. The van der Waals surface area contributed by atoms with Crippen LogP contribution in [0, 0.1) is 11.3 Å². The first-order chi connectivity index (χ1) is 16.7. The number of urea groups is 1. The topological polar surface area (TPSA) is 110 Å². The molecule has 9 heteroatoms. The molecule has 5 rings (SSSR count). The van der Waals surface area contributed by atoms with Crippen molar-refractivity contribution in [1.29, 1.82) is 5.26 Å². The van der Waals surface area contributed by atoms with Gasteiger partial charge < -0.3 is 19.9 Å². The first-order valence-corrected chi connectivity index (χ1v) is 11.0. The van der Waals surface area contributed by atoms with Crippen molar-refractivity contribution >= 4 is 22.8 Å². The number of hydrogen-bond acceptors (Lipinski definition) is 6. The van der Waals surface area contributed by atoms with E-state index in [9.17, 15) is 4.79 Å². The summed E-state index contributed by atoms with van der Waals surface area (Å²) < 4.78 is 5.83. The van der Waals surface area contributed by atoms with Crippen LogP contribution in [-0.2, 0) is 6.54 Å². The quantitative estimate of drug-likeness (QED) is 0.473. The molecule has 1 aliphatic heterocycles. The number of hydrogen-bond donors (Lipinski definition) is 2. The van der Waals surface area contributed by atoms with Gasteiger partial charge in [0.2, 0.25) is 5.88 Å². The summed E-state index contributed by atoms with van der Waals surface area (Å²) >= 11 is 0. The van der Waals surface area contributed by atoms with Crippen molar-refractivity contribution in [3.05, 3.63) is 78.2 Å². The van der Waals surface area contributed by atoms with Gasteiger partial charge in [0.1, 0.15) is 17.5 Å². The molecule has 9 nitrogen and oxygen atoms in total. The zero-order valence-corrected chi connectivity index (χ0v) is 18.4. The van der Waals surface area contributed by atoms with Crippen LogP contribution in [0.5, 0.6) is 11.6 Å². The molecule has 0 bridgehead atoms. The Morgan fingerprint density at radius 1 is 1.09 bits per heavy atom. The number of amides is 2. The zero-order valence-electron chi connectivity index (χ0n) is 18.4. The van der Waals surface area contributed by atoms with Crippen LogP contribution in [0.3, 0.4) is 0 Å². The predicted octanol–water partition coefficient (Wildman–Crippen LogP) is 3.97. The Morgan fingerprint density at radius 2 is 1.97 bits per heavy atom. The lowest BCUT2D eigenvalue weighted by atomic mass is 10.2. The molecule has 0 radical (unpaired) electrons. The van der Waals surface area contributed by atoms with Crippen LogP contribution >= 0.6 is 0 Å². The molecule has 0 atom stereocenters. The third-order valence-electron chi connectivity index (χ3n) is 5.70. The number of nitriles is 1. The number of anilines is 1. The average molecular weight is 454 g/mol. The van der Waals surface area contributed by atoms with E-state index in [0.29, 0.717) is 36.0 Å². The lowest BCUT2D eigenvalue weighted by Crippen LogP contribution is -2.49. The third-order valence-corrected chi connectivity index (χ3v) is 5.70. The molecule has 1 saturated heterocycles. The smallest absolute Gasteiger partial charge is 0.321 e. The van der Waals surface area contributed by atoms with Crippen LogP contribution in [0.4, 0.5) is 10.5 Å². The molecule has 170 valence electrons.